The lowest BCUT2D eigenvalue weighted by atomic mass is 9.91. The number of halogens is 1. The van der Waals surface area contributed by atoms with Gasteiger partial charge in [0.25, 0.3) is 0 Å². The fourth-order valence-electron chi connectivity index (χ4n) is 6.46. The van der Waals surface area contributed by atoms with E-state index < -0.39 is 17.7 Å². The Bertz CT molecular complexity index is 1830. The third-order valence-corrected chi connectivity index (χ3v) is 8.87. The molecule has 0 spiro atoms. The molecule has 49 heavy (non-hydrogen) atoms. The lowest BCUT2D eigenvalue weighted by Crippen LogP contribution is -2.45. The number of rotatable bonds is 13. The maximum Gasteiger partial charge on any atom is 0.337 e. The van der Waals surface area contributed by atoms with E-state index in [-0.39, 0.29) is 17.5 Å². The van der Waals surface area contributed by atoms with Gasteiger partial charge in [-0.3, -0.25) is 0 Å². The fraction of sp³-hybridized carbons (Fsp3) is 0.400. The third-order valence-electron chi connectivity index (χ3n) is 8.87. The Hall–Kier alpha value is -4.47. The first-order valence-corrected chi connectivity index (χ1v) is 16.8. The van der Waals surface area contributed by atoms with Crippen molar-refractivity contribution in [2.24, 2.45) is 0 Å². The number of hydrogen-bond acceptors (Lipinski definition) is 6. The molecule has 4 aromatic rings. The van der Waals surface area contributed by atoms with E-state index in [0.717, 1.165) is 35.2 Å². The zero-order valence-corrected chi connectivity index (χ0v) is 29.5. The van der Waals surface area contributed by atoms with Crippen LogP contribution in [-0.2, 0) is 14.3 Å². The highest BCUT2D eigenvalue weighted by Gasteiger charge is 2.37. The van der Waals surface area contributed by atoms with Crippen molar-refractivity contribution in [3.8, 4) is 28.1 Å². The van der Waals surface area contributed by atoms with Gasteiger partial charge in [-0.15, -0.1) is 13.2 Å². The van der Waals surface area contributed by atoms with Crippen molar-refractivity contribution >= 4 is 17.2 Å². The maximum atomic E-state index is 15.4. The Morgan fingerprint density at radius 1 is 1.10 bits per heavy atom. The molecule has 1 saturated heterocycles. The number of carboxylic acids is 1. The number of ether oxygens (including phenoxy) is 3. The Morgan fingerprint density at radius 2 is 1.80 bits per heavy atom. The number of aryl methyl sites for hydroxylation is 1. The predicted octanol–water partition coefficient (Wildman–Crippen LogP) is 8.96. The van der Waals surface area contributed by atoms with Crippen molar-refractivity contribution in [2.75, 3.05) is 24.6 Å². The number of aliphatic carboxylic acids is 1. The molecule has 1 aliphatic rings. The lowest BCUT2D eigenvalue weighted by Gasteiger charge is -2.41. The van der Waals surface area contributed by atoms with E-state index in [4.69, 9.17) is 19.3 Å². The summed E-state index contributed by atoms with van der Waals surface area (Å²) >= 11 is 0. The standard InChI is InChI=1S/C40H48FN3O5/c1-9-13-27(4)48-33-17-12-16-30(41)35(33)29-15-11-14-28(23-29)31-24-32-36(43-20-18-40(8,19-21-43)47-22-10-2)34(26(3)25-44(32)42-31)37(38(45)46)49-39(5,6)7/h9-12,14-17,23-25,27,37H,1-2,13,18-22H2,3-8H3,(H,45,46)/t27-,37?/m0/s1. The Kier molecular flexibility index (Phi) is 10.6. The molecule has 0 aliphatic carbocycles. The zero-order chi connectivity index (χ0) is 35.5. The zero-order valence-electron chi connectivity index (χ0n) is 29.5. The molecule has 5 rings (SSSR count). The molecular weight excluding hydrogens is 621 g/mol. The normalized spacial score (nSPS) is 15.9. The van der Waals surface area contributed by atoms with Crippen molar-refractivity contribution in [3.63, 3.8) is 0 Å². The average molecular weight is 670 g/mol. The van der Waals surface area contributed by atoms with Crippen LogP contribution in [0, 0.1) is 12.7 Å². The Labute approximate surface area is 288 Å². The first kappa shape index (κ1) is 35.8. The molecule has 0 saturated carbocycles. The molecule has 3 heterocycles. The molecule has 260 valence electrons. The van der Waals surface area contributed by atoms with Gasteiger partial charge in [0.1, 0.15) is 11.6 Å². The number of carbonyl (C=O) groups is 1. The van der Waals surface area contributed by atoms with Crippen LogP contribution in [0.15, 0.2) is 80.0 Å². The minimum absolute atomic E-state index is 0.173. The van der Waals surface area contributed by atoms with Crippen molar-refractivity contribution in [1.82, 2.24) is 9.61 Å². The SMILES string of the molecule is C=CCOC1(C)CCN(c2c(C(OC(C)(C)C)C(=O)O)c(C)cn3nc(-c4cccc(-c5c(F)cccc5O[C@@H](C)CC=C)c4)cc23)CC1. The van der Waals surface area contributed by atoms with Gasteiger partial charge in [0.05, 0.1) is 46.4 Å². The van der Waals surface area contributed by atoms with Crippen molar-refractivity contribution in [2.45, 2.75) is 84.2 Å². The van der Waals surface area contributed by atoms with Crippen LogP contribution in [0.2, 0.25) is 0 Å². The predicted molar refractivity (Wildman–Crippen MR) is 193 cm³/mol. The number of piperidine rings is 1. The van der Waals surface area contributed by atoms with E-state index in [2.05, 4.69) is 25.0 Å². The molecule has 2 aromatic carbocycles. The van der Waals surface area contributed by atoms with Crippen LogP contribution in [0.1, 0.15) is 71.1 Å². The molecule has 1 unspecified atom stereocenters. The molecule has 0 bridgehead atoms. The number of carboxylic acid groups (broad SMARTS) is 1. The summed E-state index contributed by atoms with van der Waals surface area (Å²) in [6.45, 7) is 20.9. The Morgan fingerprint density at radius 3 is 2.45 bits per heavy atom. The maximum absolute atomic E-state index is 15.4. The molecule has 0 radical (unpaired) electrons. The first-order valence-electron chi connectivity index (χ1n) is 16.8. The minimum Gasteiger partial charge on any atom is -0.490 e. The number of nitrogens with zero attached hydrogens (tertiary/aromatic N) is 3. The first-order chi connectivity index (χ1) is 23.2. The molecule has 9 heteroatoms. The van der Waals surface area contributed by atoms with Gasteiger partial charge < -0.3 is 24.2 Å². The van der Waals surface area contributed by atoms with E-state index in [1.807, 2.05) is 75.7 Å². The molecule has 1 fully saturated rings. The van der Waals surface area contributed by atoms with Crippen molar-refractivity contribution in [1.29, 1.82) is 0 Å². The summed E-state index contributed by atoms with van der Waals surface area (Å²) in [5.41, 5.74) is 4.35. The monoisotopic (exact) mass is 669 g/mol. The minimum atomic E-state index is -1.20. The summed E-state index contributed by atoms with van der Waals surface area (Å²) in [5, 5.41) is 15.5. The van der Waals surface area contributed by atoms with Gasteiger partial charge in [0.2, 0.25) is 0 Å². The van der Waals surface area contributed by atoms with E-state index in [1.54, 1.807) is 24.3 Å². The van der Waals surface area contributed by atoms with E-state index in [9.17, 15) is 9.90 Å². The van der Waals surface area contributed by atoms with Gasteiger partial charge in [-0.2, -0.15) is 5.10 Å². The summed E-state index contributed by atoms with van der Waals surface area (Å²) in [6.07, 6.45) is 6.15. The van der Waals surface area contributed by atoms with Crippen molar-refractivity contribution < 1.29 is 28.5 Å². The van der Waals surface area contributed by atoms with E-state index in [1.165, 1.54) is 6.07 Å². The second-order valence-corrected chi connectivity index (χ2v) is 14.1. The molecule has 0 amide bonds. The van der Waals surface area contributed by atoms with Gasteiger partial charge in [-0.1, -0.05) is 36.4 Å². The highest BCUT2D eigenvalue weighted by Crippen LogP contribution is 2.42. The number of aromatic nitrogens is 2. The second-order valence-electron chi connectivity index (χ2n) is 14.1. The molecule has 2 atom stereocenters. The number of hydrogen-bond donors (Lipinski definition) is 1. The van der Waals surface area contributed by atoms with E-state index in [0.29, 0.717) is 54.3 Å². The quantitative estimate of drug-likeness (QED) is 0.142. The molecule has 2 aromatic heterocycles. The summed E-state index contributed by atoms with van der Waals surface area (Å²) in [7, 11) is 0. The van der Waals surface area contributed by atoms with Gasteiger partial charge in [0, 0.05) is 36.8 Å². The summed E-state index contributed by atoms with van der Waals surface area (Å²) in [5.74, 6) is -0.986. The molecular formula is C40H48FN3O5. The van der Waals surface area contributed by atoms with Crippen LogP contribution in [0.25, 0.3) is 27.9 Å². The van der Waals surface area contributed by atoms with Crippen LogP contribution in [0.3, 0.4) is 0 Å². The lowest BCUT2D eigenvalue weighted by molar-refractivity contribution is -0.160. The van der Waals surface area contributed by atoms with Crippen LogP contribution in [0.4, 0.5) is 10.1 Å². The summed E-state index contributed by atoms with van der Waals surface area (Å²) < 4.78 is 35.7. The number of benzene rings is 2. The number of pyridine rings is 1. The van der Waals surface area contributed by atoms with Gasteiger partial charge in [-0.25, -0.2) is 13.7 Å². The Balaban J connectivity index is 1.63. The summed E-state index contributed by atoms with van der Waals surface area (Å²) in [6, 6.07) is 14.4. The topological polar surface area (TPSA) is 85.5 Å². The highest BCUT2D eigenvalue weighted by atomic mass is 19.1. The smallest absolute Gasteiger partial charge is 0.337 e. The van der Waals surface area contributed by atoms with E-state index >= 15 is 4.39 Å². The number of anilines is 1. The second kappa shape index (κ2) is 14.6. The van der Waals surface area contributed by atoms with Crippen LogP contribution in [0.5, 0.6) is 5.75 Å². The van der Waals surface area contributed by atoms with Gasteiger partial charge >= 0.3 is 5.97 Å². The third kappa shape index (κ3) is 8.06. The van der Waals surface area contributed by atoms with Crippen LogP contribution in [-0.4, -0.2) is 57.7 Å². The molecule has 1 aliphatic heterocycles. The molecule has 1 N–H and O–H groups in total. The van der Waals surface area contributed by atoms with Crippen LogP contribution >= 0.6 is 0 Å². The van der Waals surface area contributed by atoms with Crippen LogP contribution < -0.4 is 9.64 Å². The fourth-order valence-corrected chi connectivity index (χ4v) is 6.46. The number of fused-ring (bicyclic) bond motifs is 1. The van der Waals surface area contributed by atoms with Crippen molar-refractivity contribution in [3.05, 3.63) is 97.0 Å². The molecule has 8 nitrogen and oxygen atoms in total. The van der Waals surface area contributed by atoms with Gasteiger partial charge in [0.15, 0.2) is 6.10 Å². The summed E-state index contributed by atoms with van der Waals surface area (Å²) in [4.78, 5) is 15.1. The average Bonchev–Trinajstić information content (AvgIpc) is 3.46. The largest absolute Gasteiger partial charge is 0.490 e. The highest BCUT2D eigenvalue weighted by molar-refractivity contribution is 5.87. The van der Waals surface area contributed by atoms with Gasteiger partial charge in [-0.05, 0) is 89.8 Å².